The molecule has 3 fully saturated rings. The number of nitriles is 1. The third-order valence-electron chi connectivity index (χ3n) is 10.9. The van der Waals surface area contributed by atoms with Gasteiger partial charge in [-0.2, -0.15) is 10.4 Å². The maximum Gasteiger partial charge on any atom is 0.234 e. The van der Waals surface area contributed by atoms with E-state index in [0.717, 1.165) is 94.7 Å². The maximum absolute atomic E-state index is 12.3. The van der Waals surface area contributed by atoms with E-state index >= 15 is 0 Å². The molecule has 2 N–H and O–H groups in total. The van der Waals surface area contributed by atoms with Crippen LogP contribution in [0.1, 0.15) is 90.9 Å². The van der Waals surface area contributed by atoms with Gasteiger partial charge < -0.3 is 10.2 Å². The highest BCUT2D eigenvalue weighted by Gasteiger charge is 2.31. The number of pyridine rings is 2. The van der Waals surface area contributed by atoms with Crippen molar-refractivity contribution in [3.05, 3.63) is 76.8 Å². The van der Waals surface area contributed by atoms with Crippen molar-refractivity contribution in [3.63, 3.8) is 0 Å². The SMILES string of the molecule is CNc1cc(-c2ccc3cc(C#N)cnn23)ncc1-c1nnc(C2CCC(CN3CCC(c4ccc([C@@H]5CCC(=O)NC5=O)cn4)CC3)CC2)s1. The number of rotatable bonds is 8. The van der Waals surface area contributed by atoms with Gasteiger partial charge in [0.05, 0.1) is 40.1 Å². The molecule has 3 aliphatic rings. The lowest BCUT2D eigenvalue weighted by Crippen LogP contribution is -2.39. The van der Waals surface area contributed by atoms with Crippen molar-refractivity contribution in [2.45, 2.75) is 69.1 Å². The average molecular weight is 701 g/mol. The van der Waals surface area contributed by atoms with Crippen LogP contribution in [0.4, 0.5) is 5.69 Å². The predicted octanol–water partition coefficient (Wildman–Crippen LogP) is 5.90. The first-order valence-electron chi connectivity index (χ1n) is 17.9. The van der Waals surface area contributed by atoms with Crippen LogP contribution in [0.5, 0.6) is 0 Å². The molecule has 5 aromatic rings. The van der Waals surface area contributed by atoms with E-state index in [2.05, 4.69) is 43.0 Å². The molecule has 51 heavy (non-hydrogen) atoms. The van der Waals surface area contributed by atoms with E-state index in [-0.39, 0.29) is 17.7 Å². The van der Waals surface area contributed by atoms with Gasteiger partial charge in [-0.3, -0.25) is 24.9 Å². The average Bonchev–Trinajstić information content (AvgIpc) is 3.83. The van der Waals surface area contributed by atoms with Gasteiger partial charge in [-0.25, -0.2) is 4.52 Å². The van der Waals surface area contributed by atoms with Gasteiger partial charge in [0, 0.05) is 55.6 Å². The highest BCUT2D eigenvalue weighted by atomic mass is 32.1. The number of amides is 2. The van der Waals surface area contributed by atoms with Crippen molar-refractivity contribution >= 4 is 34.4 Å². The van der Waals surface area contributed by atoms with Crippen LogP contribution in [0.15, 0.2) is 55.0 Å². The third kappa shape index (κ3) is 6.86. The lowest BCUT2D eigenvalue weighted by Gasteiger charge is -2.36. The number of piperidine rings is 2. The summed E-state index contributed by atoms with van der Waals surface area (Å²) < 4.78 is 1.80. The lowest BCUT2D eigenvalue weighted by atomic mass is 9.81. The van der Waals surface area contributed by atoms with E-state index in [4.69, 9.17) is 9.97 Å². The number of imide groups is 1. The molecule has 12 nitrogen and oxygen atoms in total. The molecule has 2 aliphatic heterocycles. The zero-order valence-electron chi connectivity index (χ0n) is 28.6. The summed E-state index contributed by atoms with van der Waals surface area (Å²) in [5.74, 6) is 0.904. The summed E-state index contributed by atoms with van der Waals surface area (Å²) in [4.78, 5) is 35.9. The van der Waals surface area contributed by atoms with Crippen molar-refractivity contribution in [2.75, 3.05) is 32.0 Å². The summed E-state index contributed by atoms with van der Waals surface area (Å²) in [5, 5.41) is 30.7. The van der Waals surface area contributed by atoms with Gasteiger partial charge in [-0.1, -0.05) is 17.4 Å². The highest BCUT2D eigenvalue weighted by molar-refractivity contribution is 7.14. The summed E-state index contributed by atoms with van der Waals surface area (Å²) in [6, 6.07) is 14.0. The number of hydrogen-bond acceptors (Lipinski definition) is 11. The lowest BCUT2D eigenvalue weighted by molar-refractivity contribution is -0.134. The standard InChI is InChI=1S/C38H40N10O2S/c1-40-32-17-33(34-10-7-28-16-24(18-39)19-43-48(28)34)42-21-30(32)38-46-45-37(51-38)26-4-2-23(3-5-26)22-47-14-12-25(13-15-47)31-9-6-27(20-41-31)29-8-11-35(49)44-36(29)50/h6-7,9-10,16-17,19-21,23,25-26,29H,2-5,8,11-15,22H2,1H3,(H,40,42)(H,44,49,50)/t23?,26?,29-/m0/s1. The van der Waals surface area contributed by atoms with E-state index in [1.165, 1.54) is 12.8 Å². The van der Waals surface area contributed by atoms with Crippen molar-refractivity contribution in [1.82, 2.24) is 40.0 Å². The molecule has 7 heterocycles. The Morgan fingerprint density at radius 3 is 2.53 bits per heavy atom. The van der Waals surface area contributed by atoms with Gasteiger partial charge in [0.2, 0.25) is 11.8 Å². The van der Waals surface area contributed by atoms with E-state index < -0.39 is 0 Å². The minimum absolute atomic E-state index is 0.188. The summed E-state index contributed by atoms with van der Waals surface area (Å²) in [7, 11) is 1.90. The number of hydrogen-bond donors (Lipinski definition) is 2. The second kappa shape index (κ2) is 14.3. The molecule has 13 heteroatoms. The first-order valence-corrected chi connectivity index (χ1v) is 18.7. The normalized spacial score (nSPS) is 21.8. The van der Waals surface area contributed by atoms with E-state index in [0.29, 0.717) is 36.2 Å². The molecule has 5 aromatic heterocycles. The molecule has 2 amide bonds. The minimum atomic E-state index is -0.283. The Morgan fingerprint density at radius 1 is 0.941 bits per heavy atom. The molecule has 260 valence electrons. The first kappa shape index (κ1) is 33.1. The van der Waals surface area contributed by atoms with Crippen LogP contribution in [0.3, 0.4) is 0 Å². The largest absolute Gasteiger partial charge is 0.387 e. The van der Waals surface area contributed by atoms with Gasteiger partial charge in [0.25, 0.3) is 0 Å². The Morgan fingerprint density at radius 2 is 1.78 bits per heavy atom. The predicted molar refractivity (Wildman–Crippen MR) is 194 cm³/mol. The molecular weight excluding hydrogens is 661 g/mol. The molecule has 0 radical (unpaired) electrons. The number of carbonyl (C=O) groups excluding carboxylic acids is 2. The number of likely N-dealkylation sites (tertiary alicyclic amines) is 1. The molecule has 1 aliphatic carbocycles. The number of nitrogens with zero attached hydrogens (tertiary/aromatic N) is 8. The van der Waals surface area contributed by atoms with Crippen molar-refractivity contribution in [3.8, 4) is 28.0 Å². The Kier molecular flexibility index (Phi) is 9.27. The summed E-state index contributed by atoms with van der Waals surface area (Å²) in [5.41, 5.74) is 6.88. The number of anilines is 1. The molecular formula is C38H40N10O2S. The Labute approximate surface area is 300 Å². The number of fused-ring (bicyclic) bond motifs is 1. The third-order valence-corrected chi connectivity index (χ3v) is 12.0. The number of aromatic nitrogens is 6. The molecule has 0 aromatic carbocycles. The zero-order chi connectivity index (χ0) is 34.9. The van der Waals surface area contributed by atoms with Gasteiger partial charge >= 0.3 is 0 Å². The molecule has 0 unspecified atom stereocenters. The Hall–Kier alpha value is -5.06. The van der Waals surface area contributed by atoms with Crippen LogP contribution in [0.2, 0.25) is 0 Å². The summed E-state index contributed by atoms with van der Waals surface area (Å²) in [6.07, 6.45) is 13.1. The highest BCUT2D eigenvalue weighted by Crippen LogP contribution is 2.41. The van der Waals surface area contributed by atoms with E-state index in [1.54, 1.807) is 22.0 Å². The van der Waals surface area contributed by atoms with Crippen LogP contribution < -0.4 is 10.6 Å². The fourth-order valence-electron chi connectivity index (χ4n) is 7.98. The monoisotopic (exact) mass is 700 g/mol. The van der Waals surface area contributed by atoms with E-state index in [9.17, 15) is 14.9 Å². The van der Waals surface area contributed by atoms with E-state index in [1.807, 2.05) is 49.8 Å². The van der Waals surface area contributed by atoms with Crippen LogP contribution >= 0.6 is 11.3 Å². The van der Waals surface area contributed by atoms with Crippen molar-refractivity contribution in [2.24, 2.45) is 5.92 Å². The van der Waals surface area contributed by atoms with Gasteiger partial charge in [-0.15, -0.1) is 10.2 Å². The van der Waals surface area contributed by atoms with Gasteiger partial charge in [0.15, 0.2) is 5.01 Å². The Bertz CT molecular complexity index is 2100. The molecule has 1 atom stereocenters. The fourth-order valence-corrected chi connectivity index (χ4v) is 9.02. The van der Waals surface area contributed by atoms with Crippen LogP contribution in [-0.4, -0.2) is 73.2 Å². The Balaban J connectivity index is 0.834. The number of carbonyl (C=O) groups is 2. The second-order valence-corrected chi connectivity index (χ2v) is 15.0. The topological polar surface area (TPSA) is 154 Å². The summed E-state index contributed by atoms with van der Waals surface area (Å²) in [6.45, 7) is 3.32. The van der Waals surface area contributed by atoms with Crippen LogP contribution in [0, 0.1) is 17.2 Å². The molecule has 8 rings (SSSR count). The van der Waals surface area contributed by atoms with Gasteiger partial charge in [-0.05, 0) is 99.8 Å². The van der Waals surface area contributed by atoms with Crippen LogP contribution in [0.25, 0.3) is 27.5 Å². The smallest absolute Gasteiger partial charge is 0.234 e. The second-order valence-electron chi connectivity index (χ2n) is 14.0. The quantitative estimate of drug-likeness (QED) is 0.187. The first-order chi connectivity index (χ1) is 24.9. The maximum atomic E-state index is 12.3. The molecule has 1 saturated carbocycles. The van der Waals surface area contributed by atoms with Gasteiger partial charge in [0.1, 0.15) is 11.1 Å². The molecule has 0 spiro atoms. The molecule has 0 bridgehead atoms. The van der Waals surface area contributed by atoms with Crippen molar-refractivity contribution < 1.29 is 9.59 Å². The summed E-state index contributed by atoms with van der Waals surface area (Å²) >= 11 is 1.68. The molecule has 2 saturated heterocycles. The fraction of sp³-hybridized carbons (Fsp3) is 0.421. The minimum Gasteiger partial charge on any atom is -0.387 e. The number of nitrogens with one attached hydrogen (secondary N) is 2. The zero-order valence-corrected chi connectivity index (χ0v) is 29.4. The van der Waals surface area contributed by atoms with Crippen molar-refractivity contribution in [1.29, 1.82) is 5.26 Å². The van der Waals surface area contributed by atoms with Crippen LogP contribution in [-0.2, 0) is 9.59 Å².